The van der Waals surface area contributed by atoms with Crippen LogP contribution in [0.2, 0.25) is 0 Å². The number of nitrogens with zero attached hydrogens (tertiary/aromatic N) is 1. The van der Waals surface area contributed by atoms with Crippen LogP contribution in [0, 0.1) is 0 Å². The van der Waals surface area contributed by atoms with Crippen molar-refractivity contribution in [1.82, 2.24) is 31.5 Å². The van der Waals surface area contributed by atoms with Gasteiger partial charge >= 0.3 is 0 Å². The first kappa shape index (κ1) is 68.0. The fourth-order valence-electron chi connectivity index (χ4n) is 8.65. The molecule has 78 heavy (non-hydrogen) atoms. The van der Waals surface area contributed by atoms with Crippen molar-refractivity contribution in [2.45, 2.75) is 197 Å². The molecule has 0 aromatic rings. The number of amides is 7. The van der Waals surface area contributed by atoms with E-state index in [4.69, 9.17) is 28.4 Å². The van der Waals surface area contributed by atoms with E-state index < -0.39 is 68.5 Å². The van der Waals surface area contributed by atoms with E-state index in [1.165, 1.54) is 17.1 Å². The van der Waals surface area contributed by atoms with E-state index in [1.807, 2.05) is 0 Å². The molecule has 0 radical (unpaired) electrons. The molecule has 448 valence electrons. The fourth-order valence-corrected chi connectivity index (χ4v) is 8.65. The number of aliphatic hydroxyl groups is 6. The average molecular weight is 1120 g/mol. The van der Waals surface area contributed by atoms with Crippen molar-refractivity contribution in [1.29, 1.82) is 0 Å². The summed E-state index contributed by atoms with van der Waals surface area (Å²) in [6.45, 7) is 1.90. The smallest absolute Gasteiger partial charge is 0.253 e. The van der Waals surface area contributed by atoms with Gasteiger partial charge in [-0.25, -0.2) is 0 Å². The summed E-state index contributed by atoms with van der Waals surface area (Å²) in [6.07, 6.45) is 7.81. The monoisotopic (exact) mass is 1120 g/mol. The van der Waals surface area contributed by atoms with E-state index in [1.54, 1.807) is 0 Å². The number of ether oxygens (including phenoxy) is 6. The van der Waals surface area contributed by atoms with Crippen molar-refractivity contribution >= 4 is 41.4 Å². The normalized spacial score (nSPS) is 22.2. The van der Waals surface area contributed by atoms with Gasteiger partial charge in [0.05, 0.1) is 57.9 Å². The highest BCUT2D eigenvalue weighted by Gasteiger charge is 2.38. The van der Waals surface area contributed by atoms with Gasteiger partial charge in [0.1, 0.15) is 24.4 Å². The zero-order valence-corrected chi connectivity index (χ0v) is 45.5. The minimum Gasteiger partial charge on any atom is -0.394 e. The maximum Gasteiger partial charge on any atom is 0.253 e. The van der Waals surface area contributed by atoms with Crippen LogP contribution in [0.1, 0.15) is 141 Å². The Kier molecular flexibility index (Phi) is 36.4. The summed E-state index contributed by atoms with van der Waals surface area (Å²) in [4.78, 5) is 87.1. The first-order valence-corrected chi connectivity index (χ1v) is 28.2. The Bertz CT molecular complexity index is 1660. The van der Waals surface area contributed by atoms with Crippen molar-refractivity contribution in [3.8, 4) is 0 Å². The number of carbonyl (C=O) groups is 7. The molecule has 0 spiro atoms. The second kappa shape index (κ2) is 41.7. The highest BCUT2D eigenvalue weighted by atomic mass is 16.7. The molecule has 7 amide bonds. The number of hydrogen-bond donors (Lipinski definition) is 11. The Hall–Kier alpha value is -4.25. The third kappa shape index (κ3) is 30.4. The lowest BCUT2D eigenvalue weighted by molar-refractivity contribution is -0.257. The summed E-state index contributed by atoms with van der Waals surface area (Å²) in [7, 11) is 0. The maximum atomic E-state index is 13.0. The first-order valence-electron chi connectivity index (χ1n) is 28.2. The summed E-state index contributed by atoms with van der Waals surface area (Å²) in [5.41, 5.74) is 0. The molecule has 0 aliphatic carbocycles. The Morgan fingerprint density at radius 1 is 0.500 bits per heavy atom. The van der Waals surface area contributed by atoms with Crippen molar-refractivity contribution in [2.24, 2.45) is 0 Å². The molecule has 3 aliphatic heterocycles. The molecule has 8 atom stereocenters. The Balaban J connectivity index is 1.24. The van der Waals surface area contributed by atoms with Gasteiger partial charge in [0.15, 0.2) is 12.6 Å². The largest absolute Gasteiger partial charge is 0.394 e. The standard InChI is InChI=1S/C53H92N6O19/c60-34-41-52(71)39(62)32-50(77-41)75-28-12-9-16-43(64)54-23-14-25-56-45(66)21-30-73-36-38(58-47(68)18-8-6-4-2-1-3-5-7-11-27-59-48(69)19-20-49(59)70)37-74-31-22-46(67)57-26-15-24-55-44(65)17-10-13-29-76-51-33-40(63)53(72)42(35-61)78-51/h19-20,38-42,50-53,60-63,71-72H,1-18,21-37H2,(H,54,64)(H,55,65)(H,56,66)(H,57,67)(H,58,68)/t39-,40-,41-,42-,50-,51-,52-,53-/m1/s1. The molecular weight excluding hydrogens is 1020 g/mol. The molecule has 0 saturated carbocycles. The predicted molar refractivity (Wildman–Crippen MR) is 280 cm³/mol. The lowest BCUT2D eigenvalue weighted by Crippen LogP contribution is -2.50. The number of hydrogen-bond acceptors (Lipinski definition) is 19. The highest BCUT2D eigenvalue weighted by Crippen LogP contribution is 2.23. The maximum absolute atomic E-state index is 13.0. The van der Waals surface area contributed by atoms with Crippen molar-refractivity contribution in [2.75, 3.05) is 85.6 Å². The summed E-state index contributed by atoms with van der Waals surface area (Å²) in [5.74, 6) is -1.40. The second-order valence-corrected chi connectivity index (χ2v) is 19.9. The Morgan fingerprint density at radius 3 is 1.29 bits per heavy atom. The molecule has 0 aromatic heterocycles. The third-order valence-electron chi connectivity index (χ3n) is 13.3. The average Bonchev–Trinajstić information content (AvgIpc) is 3.74. The summed E-state index contributed by atoms with van der Waals surface area (Å²) < 4.78 is 33.6. The quantitative estimate of drug-likeness (QED) is 0.0268. The van der Waals surface area contributed by atoms with E-state index in [2.05, 4.69) is 26.6 Å². The molecule has 3 aliphatic rings. The van der Waals surface area contributed by atoms with E-state index in [0.29, 0.717) is 84.1 Å². The minimum atomic E-state index is -1.18. The van der Waals surface area contributed by atoms with Gasteiger partial charge in [-0.2, -0.15) is 0 Å². The van der Waals surface area contributed by atoms with Crippen LogP contribution in [0.15, 0.2) is 12.2 Å². The first-order chi connectivity index (χ1) is 37.7. The molecule has 11 N–H and O–H groups in total. The Labute approximate surface area is 458 Å². The van der Waals surface area contributed by atoms with E-state index in [-0.39, 0.29) is 120 Å². The van der Waals surface area contributed by atoms with Crippen LogP contribution < -0.4 is 26.6 Å². The van der Waals surface area contributed by atoms with Crippen LogP contribution in [0.3, 0.4) is 0 Å². The van der Waals surface area contributed by atoms with Gasteiger partial charge in [-0.15, -0.1) is 0 Å². The number of carbonyl (C=O) groups excluding carboxylic acids is 7. The third-order valence-corrected chi connectivity index (χ3v) is 13.3. The van der Waals surface area contributed by atoms with Crippen LogP contribution in [-0.4, -0.2) is 218 Å². The number of unbranched alkanes of at least 4 members (excludes halogenated alkanes) is 10. The SMILES string of the molecule is O=C(CCCCO[C@H]1C[C@@H](O)[C@@H](O)[C@@H](CO)O1)NCCCNC(=O)CCOCC(COCCC(=O)NCCCNC(=O)CCCCO[C@H]1C[C@@H](O)[C@@H](O)[C@@H](CO)O1)NC(=O)CCCCCCCCCCCN1C(=O)C=CC1=O. The summed E-state index contributed by atoms with van der Waals surface area (Å²) in [6, 6.07) is -0.530. The van der Waals surface area contributed by atoms with Gasteiger partial charge in [0, 0.05) is 103 Å². The zero-order chi connectivity index (χ0) is 56.8. The molecule has 2 fully saturated rings. The van der Waals surface area contributed by atoms with E-state index in [9.17, 15) is 64.2 Å². The fraction of sp³-hybridized carbons (Fsp3) is 0.830. The molecule has 0 unspecified atom stereocenters. The van der Waals surface area contributed by atoms with Gasteiger partial charge in [-0.05, 0) is 51.4 Å². The topological polar surface area (TPSA) is 360 Å². The molecular formula is C53H92N6O19. The van der Waals surface area contributed by atoms with Crippen LogP contribution in [-0.2, 0) is 62.0 Å². The van der Waals surface area contributed by atoms with Gasteiger partial charge in [-0.1, -0.05) is 44.9 Å². The van der Waals surface area contributed by atoms with Crippen molar-refractivity contribution < 1.29 is 92.6 Å². The van der Waals surface area contributed by atoms with Crippen molar-refractivity contribution in [3.63, 3.8) is 0 Å². The minimum absolute atomic E-state index is 0.0738. The van der Waals surface area contributed by atoms with E-state index >= 15 is 0 Å². The van der Waals surface area contributed by atoms with Crippen LogP contribution in [0.25, 0.3) is 0 Å². The predicted octanol–water partition coefficient (Wildman–Crippen LogP) is -0.612. The molecule has 25 heteroatoms. The van der Waals surface area contributed by atoms with Gasteiger partial charge < -0.3 is 85.6 Å². The number of nitrogens with one attached hydrogen (secondary N) is 5. The zero-order valence-electron chi connectivity index (χ0n) is 45.5. The van der Waals surface area contributed by atoms with Gasteiger partial charge in [0.25, 0.3) is 11.8 Å². The molecule has 0 aromatic carbocycles. The molecule has 25 nitrogen and oxygen atoms in total. The van der Waals surface area contributed by atoms with Gasteiger partial charge in [0.2, 0.25) is 29.5 Å². The number of imide groups is 1. The van der Waals surface area contributed by atoms with Crippen molar-refractivity contribution in [3.05, 3.63) is 12.2 Å². The molecule has 2 saturated heterocycles. The van der Waals surface area contributed by atoms with Gasteiger partial charge in [-0.3, -0.25) is 38.5 Å². The van der Waals surface area contributed by atoms with Crippen LogP contribution in [0.5, 0.6) is 0 Å². The second-order valence-electron chi connectivity index (χ2n) is 19.9. The molecule has 0 bridgehead atoms. The lowest BCUT2D eigenvalue weighted by atomic mass is 10.0. The Morgan fingerprint density at radius 2 is 0.872 bits per heavy atom. The number of rotatable bonds is 45. The lowest BCUT2D eigenvalue weighted by Gasteiger charge is -2.36. The van der Waals surface area contributed by atoms with Crippen LogP contribution >= 0.6 is 0 Å². The molecule has 3 heterocycles. The molecule has 3 rings (SSSR count). The van der Waals surface area contributed by atoms with Crippen LogP contribution in [0.4, 0.5) is 0 Å². The summed E-state index contributed by atoms with van der Waals surface area (Å²) >= 11 is 0. The number of aliphatic hydroxyl groups excluding tert-OH is 6. The highest BCUT2D eigenvalue weighted by molar-refractivity contribution is 6.12. The summed E-state index contributed by atoms with van der Waals surface area (Å²) in [5, 5.41) is 72.3. The van der Waals surface area contributed by atoms with E-state index in [0.717, 1.165) is 51.4 Å².